The summed E-state index contributed by atoms with van der Waals surface area (Å²) in [4.78, 5) is 12.7. The van der Waals surface area contributed by atoms with Gasteiger partial charge in [-0.25, -0.2) is 0 Å². The fourth-order valence-corrected chi connectivity index (χ4v) is 2.59. The zero-order valence-electron chi connectivity index (χ0n) is 10.3. The Labute approximate surface area is 104 Å². The number of hydrogen-bond acceptors (Lipinski definition) is 3. The Bertz CT molecular complexity index is 242. The monoisotopic (exact) mass is 242 g/mol. The van der Waals surface area contributed by atoms with Gasteiger partial charge in [-0.05, 0) is 31.1 Å². The normalized spacial score (nSPS) is 17.7. The fourth-order valence-electron chi connectivity index (χ4n) is 2.09. The van der Waals surface area contributed by atoms with Gasteiger partial charge in [0.2, 0.25) is 0 Å². The minimum Gasteiger partial charge on any atom is -0.381 e. The van der Waals surface area contributed by atoms with Crippen molar-refractivity contribution in [2.75, 3.05) is 13.2 Å². The second-order valence-electron chi connectivity index (χ2n) is 5.11. The lowest BCUT2D eigenvalue weighted by Gasteiger charge is -2.21. The third-order valence-electron chi connectivity index (χ3n) is 2.89. The minimum atomic E-state index is 0.317. The van der Waals surface area contributed by atoms with Gasteiger partial charge in [0.15, 0.2) is 0 Å². The molecule has 0 aromatic heterocycles. The van der Waals surface area contributed by atoms with Crippen LogP contribution in [0.15, 0.2) is 0 Å². The smallest absolute Gasteiger partial charge is 0.138 e. The van der Waals surface area contributed by atoms with E-state index in [0.29, 0.717) is 30.5 Å². The van der Waals surface area contributed by atoms with Gasteiger partial charge in [0.1, 0.15) is 5.78 Å². The molecule has 1 saturated heterocycles. The molecule has 0 bridgehead atoms. The van der Waals surface area contributed by atoms with Gasteiger partial charge in [0.05, 0.1) is 0 Å². The van der Waals surface area contributed by atoms with E-state index in [1.54, 1.807) is 0 Å². The first-order valence-corrected chi connectivity index (χ1v) is 6.60. The first-order valence-electron chi connectivity index (χ1n) is 6.19. The van der Waals surface area contributed by atoms with Crippen molar-refractivity contribution < 1.29 is 9.53 Å². The molecule has 0 spiro atoms. The van der Waals surface area contributed by atoms with Crippen LogP contribution in [-0.2, 0) is 9.53 Å². The molecular weight excluding hydrogens is 220 g/mol. The molecule has 1 aliphatic heterocycles. The van der Waals surface area contributed by atoms with Gasteiger partial charge < -0.3 is 4.74 Å². The van der Waals surface area contributed by atoms with Crippen molar-refractivity contribution in [2.45, 2.75) is 46.0 Å². The molecule has 1 fully saturated rings. The van der Waals surface area contributed by atoms with Gasteiger partial charge in [0, 0.05) is 30.9 Å². The Morgan fingerprint density at radius 3 is 2.56 bits per heavy atom. The van der Waals surface area contributed by atoms with Crippen LogP contribution in [0.25, 0.3) is 0 Å². The average molecular weight is 242 g/mol. The maximum Gasteiger partial charge on any atom is 0.138 e. The molecule has 0 N–H and O–H groups in total. The summed E-state index contributed by atoms with van der Waals surface area (Å²) in [5.74, 6) is 1.41. The van der Waals surface area contributed by atoms with Gasteiger partial charge in [-0.1, -0.05) is 26.1 Å². The summed E-state index contributed by atoms with van der Waals surface area (Å²) in [5.41, 5.74) is 0. The Hall–Kier alpha value is -0.280. The molecule has 2 nitrogen and oxygen atoms in total. The second kappa shape index (κ2) is 7.13. The van der Waals surface area contributed by atoms with Crippen molar-refractivity contribution in [3.63, 3.8) is 0 Å². The largest absolute Gasteiger partial charge is 0.381 e. The summed E-state index contributed by atoms with van der Waals surface area (Å²) in [6.45, 7) is 5.90. The van der Waals surface area contributed by atoms with Crippen LogP contribution in [0.3, 0.4) is 0 Å². The lowest BCUT2D eigenvalue weighted by molar-refractivity contribution is -0.119. The molecule has 3 heteroatoms. The molecule has 0 amide bonds. The second-order valence-corrected chi connectivity index (χ2v) is 5.69. The maximum absolute atomic E-state index is 11.8. The fraction of sp³-hybridized carbons (Fsp3) is 0.846. The summed E-state index contributed by atoms with van der Waals surface area (Å²) in [6, 6.07) is 0. The maximum atomic E-state index is 11.8. The first kappa shape index (κ1) is 13.8. The number of carbonyl (C=O) groups excluding carboxylic acids is 1. The highest BCUT2D eigenvalue weighted by Crippen LogP contribution is 2.19. The van der Waals surface area contributed by atoms with Crippen LogP contribution in [0, 0.1) is 11.8 Å². The quantitative estimate of drug-likeness (QED) is 0.669. The Kier molecular flexibility index (Phi) is 6.14. The van der Waals surface area contributed by atoms with E-state index in [4.69, 9.17) is 17.0 Å². The van der Waals surface area contributed by atoms with E-state index >= 15 is 0 Å². The van der Waals surface area contributed by atoms with Crippen LogP contribution in [0.5, 0.6) is 0 Å². The molecule has 0 atom stereocenters. The van der Waals surface area contributed by atoms with Gasteiger partial charge >= 0.3 is 0 Å². The van der Waals surface area contributed by atoms with Gasteiger partial charge in [-0.3, -0.25) is 4.79 Å². The lowest BCUT2D eigenvalue weighted by atomic mass is 9.92. The zero-order chi connectivity index (χ0) is 12.0. The number of Topliss-reactive ketones (excluding diaryl/α,β-unsaturated/α-hetero) is 1. The van der Waals surface area contributed by atoms with Crippen molar-refractivity contribution in [2.24, 2.45) is 11.8 Å². The molecule has 1 heterocycles. The third kappa shape index (κ3) is 5.71. The predicted octanol–water partition coefficient (Wildman–Crippen LogP) is 3.18. The van der Waals surface area contributed by atoms with Gasteiger partial charge in [-0.2, -0.15) is 0 Å². The van der Waals surface area contributed by atoms with Crippen LogP contribution in [0.2, 0.25) is 0 Å². The molecule has 0 aromatic carbocycles. The van der Waals surface area contributed by atoms with E-state index in [1.807, 2.05) is 0 Å². The Balaban J connectivity index is 2.21. The predicted molar refractivity (Wildman–Crippen MR) is 69.8 cm³/mol. The van der Waals surface area contributed by atoms with Crippen LogP contribution >= 0.6 is 12.2 Å². The molecule has 0 unspecified atom stereocenters. The zero-order valence-corrected chi connectivity index (χ0v) is 11.1. The van der Waals surface area contributed by atoms with E-state index in [0.717, 1.165) is 37.3 Å². The van der Waals surface area contributed by atoms with Gasteiger partial charge in [0.25, 0.3) is 0 Å². The molecule has 92 valence electrons. The summed E-state index contributed by atoms with van der Waals surface area (Å²) in [6.07, 6.45) is 4.16. The average Bonchev–Trinajstić information content (AvgIpc) is 2.17. The number of ether oxygens (including phenoxy) is 1. The van der Waals surface area contributed by atoms with Crippen LogP contribution < -0.4 is 0 Å². The van der Waals surface area contributed by atoms with Gasteiger partial charge in [-0.15, -0.1) is 0 Å². The van der Waals surface area contributed by atoms with Crippen molar-refractivity contribution in [3.8, 4) is 0 Å². The Morgan fingerprint density at radius 1 is 1.38 bits per heavy atom. The number of carbonyl (C=O) groups is 1. The van der Waals surface area contributed by atoms with Crippen molar-refractivity contribution in [1.29, 1.82) is 0 Å². The Morgan fingerprint density at radius 2 is 2.00 bits per heavy atom. The third-order valence-corrected chi connectivity index (χ3v) is 3.20. The summed E-state index contributed by atoms with van der Waals surface area (Å²) < 4.78 is 5.28. The highest BCUT2D eigenvalue weighted by atomic mass is 32.1. The molecule has 0 saturated carbocycles. The van der Waals surface area contributed by atoms with E-state index in [-0.39, 0.29) is 0 Å². The van der Waals surface area contributed by atoms with E-state index in [2.05, 4.69) is 13.8 Å². The van der Waals surface area contributed by atoms with Crippen LogP contribution in [0.4, 0.5) is 0 Å². The summed E-state index contributed by atoms with van der Waals surface area (Å²) >= 11 is 5.23. The minimum absolute atomic E-state index is 0.317. The van der Waals surface area contributed by atoms with Crippen molar-refractivity contribution in [1.82, 2.24) is 0 Å². The number of hydrogen-bond donors (Lipinski definition) is 0. The highest BCUT2D eigenvalue weighted by molar-refractivity contribution is 7.80. The van der Waals surface area contributed by atoms with E-state index in [1.165, 1.54) is 0 Å². The number of ketones is 1. The SMILES string of the molecule is CC(C)CC(=S)CC(=O)CC1CCOCC1. The van der Waals surface area contributed by atoms with Crippen LogP contribution in [0.1, 0.15) is 46.0 Å². The molecular formula is C13H22O2S. The lowest BCUT2D eigenvalue weighted by Crippen LogP contribution is -2.19. The van der Waals surface area contributed by atoms with E-state index < -0.39 is 0 Å². The van der Waals surface area contributed by atoms with Crippen molar-refractivity contribution in [3.05, 3.63) is 0 Å². The summed E-state index contributed by atoms with van der Waals surface area (Å²) in [7, 11) is 0. The number of thiocarbonyl (C=S) groups is 1. The summed E-state index contributed by atoms with van der Waals surface area (Å²) in [5, 5.41) is 0. The molecule has 0 aromatic rings. The van der Waals surface area contributed by atoms with Crippen molar-refractivity contribution >= 4 is 22.9 Å². The standard InChI is InChI=1S/C13H22O2S/c1-10(2)7-13(16)9-12(14)8-11-3-5-15-6-4-11/h10-11H,3-9H2,1-2H3. The van der Waals surface area contributed by atoms with Crippen LogP contribution in [-0.4, -0.2) is 23.9 Å². The molecule has 1 aliphatic rings. The molecule has 0 radical (unpaired) electrons. The van der Waals surface area contributed by atoms with E-state index in [9.17, 15) is 4.79 Å². The topological polar surface area (TPSA) is 26.3 Å². The molecule has 1 rings (SSSR count). The first-order chi connectivity index (χ1) is 7.58. The molecule has 16 heavy (non-hydrogen) atoms. The highest BCUT2D eigenvalue weighted by Gasteiger charge is 2.18. The number of rotatable bonds is 6. The molecule has 0 aliphatic carbocycles.